The van der Waals surface area contributed by atoms with Crippen LogP contribution in [0.5, 0.6) is 0 Å². The van der Waals surface area contributed by atoms with E-state index in [0.717, 1.165) is 30.5 Å². The molecule has 6 rings (SSSR count). The molecular formula is C26H23F4N5O. The standard InChI is InChI=1S/C26H23F4N5O/c1-13-23(26(29)30)34-25-21(32-13)10-20(33-24(25)18-5-2-16(27)9-19(18)28)14-6-7-36-22(8-14)15-11-31-35(12-15)17-3-4-17/h2,5,9-12,14,17,22,26H,3-4,6-8H2,1H3/t14-,22+/m1/s1. The van der Waals surface area contributed by atoms with E-state index in [-0.39, 0.29) is 34.5 Å². The minimum absolute atomic E-state index is 0.0176. The predicted molar refractivity (Wildman–Crippen MR) is 124 cm³/mol. The van der Waals surface area contributed by atoms with Gasteiger partial charge in [0.25, 0.3) is 6.43 Å². The van der Waals surface area contributed by atoms with Crippen LogP contribution in [0.15, 0.2) is 36.7 Å². The van der Waals surface area contributed by atoms with Crippen molar-refractivity contribution in [2.45, 2.75) is 57.1 Å². The Morgan fingerprint density at radius 1 is 1.06 bits per heavy atom. The average Bonchev–Trinajstić information content (AvgIpc) is 3.59. The summed E-state index contributed by atoms with van der Waals surface area (Å²) < 4.78 is 63.6. The van der Waals surface area contributed by atoms with Crippen molar-refractivity contribution in [2.75, 3.05) is 6.61 Å². The third-order valence-corrected chi connectivity index (χ3v) is 6.89. The summed E-state index contributed by atoms with van der Waals surface area (Å²) in [4.78, 5) is 13.2. The molecule has 0 amide bonds. The van der Waals surface area contributed by atoms with Crippen LogP contribution in [0.4, 0.5) is 17.6 Å². The van der Waals surface area contributed by atoms with Crippen LogP contribution in [0.1, 0.15) is 72.8 Å². The van der Waals surface area contributed by atoms with Crippen molar-refractivity contribution in [1.82, 2.24) is 24.7 Å². The third-order valence-electron chi connectivity index (χ3n) is 6.89. The Morgan fingerprint density at radius 3 is 2.64 bits per heavy atom. The van der Waals surface area contributed by atoms with E-state index in [1.54, 1.807) is 6.07 Å². The smallest absolute Gasteiger partial charge is 0.282 e. The molecule has 2 atom stereocenters. The quantitative estimate of drug-likeness (QED) is 0.299. The molecule has 186 valence electrons. The zero-order valence-corrected chi connectivity index (χ0v) is 19.5. The monoisotopic (exact) mass is 497 g/mol. The van der Waals surface area contributed by atoms with Gasteiger partial charge in [-0.15, -0.1) is 0 Å². The van der Waals surface area contributed by atoms with Crippen LogP contribution in [0.3, 0.4) is 0 Å². The molecule has 36 heavy (non-hydrogen) atoms. The molecule has 4 heterocycles. The van der Waals surface area contributed by atoms with Gasteiger partial charge in [-0.3, -0.25) is 4.68 Å². The number of hydrogen-bond donors (Lipinski definition) is 0. The second kappa shape index (κ2) is 8.92. The van der Waals surface area contributed by atoms with Gasteiger partial charge in [0, 0.05) is 41.6 Å². The van der Waals surface area contributed by atoms with Gasteiger partial charge in [0.1, 0.15) is 28.5 Å². The number of nitrogens with zero attached hydrogens (tertiary/aromatic N) is 5. The number of aromatic nitrogens is 5. The van der Waals surface area contributed by atoms with Crippen molar-refractivity contribution in [3.63, 3.8) is 0 Å². The normalized spacial score (nSPS) is 20.4. The molecule has 6 nitrogen and oxygen atoms in total. The molecule has 1 aromatic carbocycles. The molecule has 3 aromatic heterocycles. The number of ether oxygens (including phenoxy) is 1. The number of halogens is 4. The number of alkyl halides is 2. The highest BCUT2D eigenvalue weighted by Gasteiger charge is 2.31. The van der Waals surface area contributed by atoms with Crippen molar-refractivity contribution >= 4 is 11.0 Å². The van der Waals surface area contributed by atoms with E-state index >= 15 is 0 Å². The maximum Gasteiger partial charge on any atom is 0.282 e. The van der Waals surface area contributed by atoms with Gasteiger partial charge in [-0.2, -0.15) is 5.10 Å². The lowest BCUT2D eigenvalue weighted by Crippen LogP contribution is -2.19. The molecule has 10 heteroatoms. The molecule has 1 saturated carbocycles. The minimum Gasteiger partial charge on any atom is -0.373 e. The lowest BCUT2D eigenvalue weighted by molar-refractivity contribution is 0.00462. The van der Waals surface area contributed by atoms with Crippen LogP contribution in [-0.2, 0) is 4.74 Å². The number of rotatable bonds is 5. The number of benzene rings is 1. The van der Waals surface area contributed by atoms with Gasteiger partial charge in [0.2, 0.25) is 0 Å². The summed E-state index contributed by atoms with van der Waals surface area (Å²) in [5.74, 6) is -1.64. The Kier molecular flexibility index (Phi) is 5.70. The van der Waals surface area contributed by atoms with Crippen LogP contribution in [-0.4, -0.2) is 31.3 Å². The largest absolute Gasteiger partial charge is 0.373 e. The van der Waals surface area contributed by atoms with Gasteiger partial charge in [-0.05, 0) is 50.8 Å². The fourth-order valence-electron chi connectivity index (χ4n) is 4.82. The molecule has 2 fully saturated rings. The van der Waals surface area contributed by atoms with Crippen molar-refractivity contribution < 1.29 is 22.3 Å². The molecule has 1 saturated heterocycles. The van der Waals surface area contributed by atoms with Gasteiger partial charge < -0.3 is 4.74 Å². The topological polar surface area (TPSA) is 65.7 Å². The van der Waals surface area contributed by atoms with Crippen molar-refractivity contribution in [3.8, 4) is 11.3 Å². The molecule has 1 aliphatic heterocycles. The van der Waals surface area contributed by atoms with E-state index in [1.807, 2.05) is 17.1 Å². The molecule has 0 radical (unpaired) electrons. The van der Waals surface area contributed by atoms with Crippen LogP contribution >= 0.6 is 0 Å². The highest BCUT2D eigenvalue weighted by Crippen LogP contribution is 2.41. The van der Waals surface area contributed by atoms with Gasteiger partial charge in [-0.25, -0.2) is 32.5 Å². The first kappa shape index (κ1) is 23.0. The van der Waals surface area contributed by atoms with E-state index in [0.29, 0.717) is 36.7 Å². The Bertz CT molecular complexity index is 1450. The summed E-state index contributed by atoms with van der Waals surface area (Å²) in [7, 11) is 0. The van der Waals surface area contributed by atoms with Crippen LogP contribution in [0.2, 0.25) is 0 Å². The van der Waals surface area contributed by atoms with E-state index in [9.17, 15) is 17.6 Å². The van der Waals surface area contributed by atoms with Gasteiger partial charge in [0.15, 0.2) is 0 Å². The van der Waals surface area contributed by atoms with E-state index < -0.39 is 23.8 Å². The molecule has 0 unspecified atom stereocenters. The van der Waals surface area contributed by atoms with Crippen LogP contribution in [0, 0.1) is 18.6 Å². The van der Waals surface area contributed by atoms with Crippen LogP contribution in [0.25, 0.3) is 22.3 Å². The fourth-order valence-corrected chi connectivity index (χ4v) is 4.82. The Labute approximate surface area is 204 Å². The Morgan fingerprint density at radius 2 is 1.89 bits per heavy atom. The van der Waals surface area contributed by atoms with Crippen molar-refractivity contribution in [3.05, 3.63) is 70.9 Å². The third kappa shape index (κ3) is 4.23. The van der Waals surface area contributed by atoms with Crippen molar-refractivity contribution in [2.24, 2.45) is 0 Å². The summed E-state index contributed by atoms with van der Waals surface area (Å²) in [6, 6.07) is 5.30. The molecule has 1 aliphatic carbocycles. The maximum atomic E-state index is 14.8. The minimum atomic E-state index is -2.85. The fraction of sp³-hybridized carbons (Fsp3) is 0.385. The molecule has 0 N–H and O–H groups in total. The number of fused-ring (bicyclic) bond motifs is 1. The maximum absolute atomic E-state index is 14.8. The first-order chi connectivity index (χ1) is 17.4. The van der Waals surface area contributed by atoms with E-state index in [1.165, 1.54) is 13.0 Å². The summed E-state index contributed by atoms with van der Waals surface area (Å²) in [5, 5.41) is 4.46. The second-order valence-corrected chi connectivity index (χ2v) is 9.45. The molecule has 4 aromatic rings. The Balaban J connectivity index is 1.43. The van der Waals surface area contributed by atoms with E-state index in [4.69, 9.17) is 9.72 Å². The van der Waals surface area contributed by atoms with Crippen molar-refractivity contribution in [1.29, 1.82) is 0 Å². The van der Waals surface area contributed by atoms with E-state index in [2.05, 4.69) is 15.1 Å². The zero-order chi connectivity index (χ0) is 25.0. The van der Waals surface area contributed by atoms with Crippen LogP contribution < -0.4 is 0 Å². The average molecular weight is 497 g/mol. The molecule has 2 aliphatic rings. The lowest BCUT2D eigenvalue weighted by atomic mass is 9.89. The lowest BCUT2D eigenvalue weighted by Gasteiger charge is -2.29. The first-order valence-corrected chi connectivity index (χ1v) is 12.0. The van der Waals surface area contributed by atoms with Gasteiger partial charge >= 0.3 is 0 Å². The summed E-state index contributed by atoms with van der Waals surface area (Å²) >= 11 is 0. The predicted octanol–water partition coefficient (Wildman–Crippen LogP) is 6.38. The highest BCUT2D eigenvalue weighted by molar-refractivity contribution is 5.89. The van der Waals surface area contributed by atoms with Gasteiger partial charge in [-0.1, -0.05) is 0 Å². The number of hydrogen-bond acceptors (Lipinski definition) is 5. The summed E-state index contributed by atoms with van der Waals surface area (Å²) in [6.07, 6.45) is 4.41. The SMILES string of the molecule is Cc1nc2cc([C@@H]3CCO[C@H](c4cnn(C5CC5)c4)C3)nc(-c3ccc(F)cc3F)c2nc1C(F)F. The molecule has 0 bridgehead atoms. The first-order valence-electron chi connectivity index (χ1n) is 12.0. The zero-order valence-electron chi connectivity index (χ0n) is 19.5. The number of pyridine rings is 1. The Hall–Kier alpha value is -3.40. The second-order valence-electron chi connectivity index (χ2n) is 9.45. The number of aryl methyl sites for hydroxylation is 1. The van der Waals surface area contributed by atoms with Gasteiger partial charge in [0.05, 0.1) is 29.6 Å². The molecule has 0 spiro atoms. The summed E-state index contributed by atoms with van der Waals surface area (Å²) in [6.45, 7) is 1.97. The highest BCUT2D eigenvalue weighted by atomic mass is 19.3. The molecular weight excluding hydrogens is 474 g/mol. The summed E-state index contributed by atoms with van der Waals surface area (Å²) in [5.41, 5.74) is 1.69.